The van der Waals surface area contributed by atoms with Gasteiger partial charge >= 0.3 is 0 Å². The Morgan fingerprint density at radius 1 is 1.00 bits per heavy atom. The predicted octanol–water partition coefficient (Wildman–Crippen LogP) is 3.46. The van der Waals surface area contributed by atoms with Crippen molar-refractivity contribution in [2.45, 2.75) is 76.2 Å². The van der Waals surface area contributed by atoms with Crippen LogP contribution < -0.4 is 14.8 Å². The lowest BCUT2D eigenvalue weighted by molar-refractivity contribution is -0.120. The molecule has 1 aromatic carbocycles. The molecule has 0 spiro atoms. The molecule has 0 atom stereocenters. The second-order valence-corrected chi connectivity index (χ2v) is 11.7. The zero-order chi connectivity index (χ0) is 21.8. The van der Waals surface area contributed by atoms with Crippen LogP contribution in [0.2, 0.25) is 0 Å². The highest BCUT2D eigenvalue weighted by Gasteiger charge is 2.34. The summed E-state index contributed by atoms with van der Waals surface area (Å²) in [7, 11) is -3.37. The Hall–Kier alpha value is -1.64. The molecule has 1 amide bonds. The fourth-order valence-corrected chi connectivity index (χ4v) is 4.75. The minimum Gasteiger partial charge on any atom is -0.490 e. The Bertz CT molecular complexity index is 803. The summed E-state index contributed by atoms with van der Waals surface area (Å²) in [4.78, 5) is 12.6. The molecule has 3 rings (SSSR count). The fourth-order valence-electron chi connectivity index (χ4n) is 3.72. The van der Waals surface area contributed by atoms with Crippen molar-refractivity contribution >= 4 is 21.6 Å². The molecule has 1 saturated carbocycles. The lowest BCUT2D eigenvalue weighted by atomic mass is 9.86. The smallest absolute Gasteiger partial charge is 0.227 e. The number of hydrogen-bond donors (Lipinski definition) is 2. The van der Waals surface area contributed by atoms with Crippen LogP contribution in [-0.4, -0.2) is 44.4 Å². The molecule has 30 heavy (non-hydrogen) atoms. The van der Waals surface area contributed by atoms with Gasteiger partial charge in [0.25, 0.3) is 0 Å². The van der Waals surface area contributed by atoms with E-state index in [-0.39, 0.29) is 24.0 Å². The van der Waals surface area contributed by atoms with Crippen LogP contribution >= 0.6 is 0 Å². The molecule has 0 bridgehead atoms. The number of amides is 1. The summed E-state index contributed by atoms with van der Waals surface area (Å²) in [5.74, 6) is 0.690. The van der Waals surface area contributed by atoms with E-state index in [1.54, 1.807) is 20.8 Å². The standard InChI is InChI=1S/C22H34N2O5S/c1-22(2,3)30(26,27)24-18-6-4-16(5-7-18)21(25)23-17-8-10-19(11-9-17)29-20-12-14-28-15-13-20/h8-11,16,18,20,24H,4-7,12-15H2,1-3H3,(H,23,25)/t16-,18-. The van der Waals surface area contributed by atoms with E-state index in [9.17, 15) is 13.2 Å². The summed E-state index contributed by atoms with van der Waals surface area (Å²) in [6.45, 7) is 6.54. The maximum atomic E-state index is 12.6. The third-order valence-electron chi connectivity index (χ3n) is 5.82. The quantitative estimate of drug-likeness (QED) is 0.709. The molecule has 2 N–H and O–H groups in total. The summed E-state index contributed by atoms with van der Waals surface area (Å²) < 4.78 is 37.9. The minimum absolute atomic E-state index is 0.00905. The molecule has 7 nitrogen and oxygen atoms in total. The van der Waals surface area contributed by atoms with Crippen molar-refractivity contribution in [3.05, 3.63) is 24.3 Å². The summed E-state index contributed by atoms with van der Waals surface area (Å²) in [5, 5.41) is 2.98. The van der Waals surface area contributed by atoms with Gasteiger partial charge in [-0.3, -0.25) is 4.79 Å². The third kappa shape index (κ3) is 6.18. The van der Waals surface area contributed by atoms with Gasteiger partial charge in [-0.2, -0.15) is 0 Å². The second kappa shape index (κ2) is 9.66. The number of carbonyl (C=O) groups excluding carboxylic acids is 1. The van der Waals surface area contributed by atoms with E-state index in [1.807, 2.05) is 24.3 Å². The SMILES string of the molecule is CC(C)(C)S(=O)(=O)N[C@H]1CC[C@H](C(=O)Nc2ccc(OC3CCOCC3)cc2)CC1. The normalized spacial score (nSPS) is 23.7. The zero-order valence-electron chi connectivity index (χ0n) is 18.1. The maximum absolute atomic E-state index is 12.6. The first-order valence-electron chi connectivity index (χ1n) is 10.8. The highest BCUT2D eigenvalue weighted by molar-refractivity contribution is 7.90. The number of benzene rings is 1. The van der Waals surface area contributed by atoms with Gasteiger partial charge in [0.2, 0.25) is 15.9 Å². The largest absolute Gasteiger partial charge is 0.490 e. The van der Waals surface area contributed by atoms with Gasteiger partial charge in [0.1, 0.15) is 11.9 Å². The first-order valence-corrected chi connectivity index (χ1v) is 12.3. The van der Waals surface area contributed by atoms with Crippen LogP contribution in [0, 0.1) is 5.92 Å². The minimum atomic E-state index is -3.37. The zero-order valence-corrected chi connectivity index (χ0v) is 19.0. The number of ether oxygens (including phenoxy) is 2. The first-order chi connectivity index (χ1) is 14.1. The van der Waals surface area contributed by atoms with Crippen molar-refractivity contribution in [3.8, 4) is 5.75 Å². The van der Waals surface area contributed by atoms with Gasteiger partial charge < -0.3 is 14.8 Å². The van der Waals surface area contributed by atoms with Crippen LogP contribution in [-0.2, 0) is 19.6 Å². The Morgan fingerprint density at radius 3 is 2.17 bits per heavy atom. The summed E-state index contributed by atoms with van der Waals surface area (Å²) in [6.07, 6.45) is 4.67. The fraction of sp³-hybridized carbons (Fsp3) is 0.682. The number of sulfonamides is 1. The number of carbonyl (C=O) groups is 1. The Kier molecular flexibility index (Phi) is 7.42. The molecule has 1 saturated heterocycles. The molecule has 0 radical (unpaired) electrons. The van der Waals surface area contributed by atoms with Crippen LogP contribution in [0.1, 0.15) is 59.3 Å². The maximum Gasteiger partial charge on any atom is 0.227 e. The van der Waals surface area contributed by atoms with Gasteiger partial charge in [-0.25, -0.2) is 13.1 Å². The van der Waals surface area contributed by atoms with Crippen LogP contribution in [0.3, 0.4) is 0 Å². The predicted molar refractivity (Wildman–Crippen MR) is 117 cm³/mol. The monoisotopic (exact) mass is 438 g/mol. The Morgan fingerprint density at radius 2 is 1.60 bits per heavy atom. The van der Waals surface area contributed by atoms with Crippen LogP contribution in [0.5, 0.6) is 5.75 Å². The van der Waals surface area contributed by atoms with Gasteiger partial charge in [0.05, 0.1) is 18.0 Å². The molecule has 2 fully saturated rings. The molecule has 1 heterocycles. The van der Waals surface area contributed by atoms with Crippen LogP contribution in [0.25, 0.3) is 0 Å². The Balaban J connectivity index is 1.45. The third-order valence-corrected chi connectivity index (χ3v) is 8.07. The van der Waals surface area contributed by atoms with Gasteiger partial charge in [0.15, 0.2) is 0 Å². The van der Waals surface area contributed by atoms with Crippen LogP contribution in [0.4, 0.5) is 5.69 Å². The van der Waals surface area contributed by atoms with Gasteiger partial charge in [-0.05, 0) is 70.7 Å². The Labute approximate surface area is 180 Å². The lowest BCUT2D eigenvalue weighted by Crippen LogP contribution is -2.46. The van der Waals surface area contributed by atoms with Gasteiger partial charge in [0, 0.05) is 30.5 Å². The summed E-state index contributed by atoms with van der Waals surface area (Å²) >= 11 is 0. The van der Waals surface area contributed by atoms with Crippen molar-refractivity contribution < 1.29 is 22.7 Å². The van der Waals surface area contributed by atoms with E-state index >= 15 is 0 Å². The second-order valence-electron chi connectivity index (χ2n) is 9.23. The van der Waals surface area contributed by atoms with E-state index in [0.717, 1.165) is 37.5 Å². The van der Waals surface area contributed by atoms with E-state index in [1.165, 1.54) is 0 Å². The van der Waals surface area contributed by atoms with E-state index in [0.29, 0.717) is 25.7 Å². The summed E-state index contributed by atoms with van der Waals surface area (Å²) in [5.41, 5.74) is 0.745. The molecular formula is C22H34N2O5S. The molecule has 0 unspecified atom stereocenters. The average Bonchev–Trinajstić information content (AvgIpc) is 2.70. The topological polar surface area (TPSA) is 93.7 Å². The van der Waals surface area contributed by atoms with Crippen LogP contribution in [0.15, 0.2) is 24.3 Å². The van der Waals surface area contributed by atoms with E-state index in [2.05, 4.69) is 10.0 Å². The molecule has 168 valence electrons. The lowest BCUT2D eigenvalue weighted by Gasteiger charge is -2.30. The van der Waals surface area contributed by atoms with Crippen molar-refractivity contribution in [2.24, 2.45) is 5.92 Å². The summed E-state index contributed by atoms with van der Waals surface area (Å²) in [6, 6.07) is 7.37. The average molecular weight is 439 g/mol. The first kappa shape index (κ1) is 23.0. The highest BCUT2D eigenvalue weighted by atomic mass is 32.2. The molecule has 0 aromatic heterocycles. The molecule has 8 heteroatoms. The van der Waals surface area contributed by atoms with E-state index in [4.69, 9.17) is 9.47 Å². The molecule has 1 aromatic rings. The molecule has 2 aliphatic rings. The van der Waals surface area contributed by atoms with Crippen molar-refractivity contribution in [1.82, 2.24) is 4.72 Å². The highest BCUT2D eigenvalue weighted by Crippen LogP contribution is 2.28. The number of anilines is 1. The number of hydrogen-bond acceptors (Lipinski definition) is 5. The molecule has 1 aliphatic heterocycles. The number of nitrogens with one attached hydrogen (secondary N) is 2. The molecule has 1 aliphatic carbocycles. The van der Waals surface area contributed by atoms with E-state index < -0.39 is 14.8 Å². The van der Waals surface area contributed by atoms with Crippen molar-refractivity contribution in [2.75, 3.05) is 18.5 Å². The van der Waals surface area contributed by atoms with Crippen molar-refractivity contribution in [1.29, 1.82) is 0 Å². The molecular weight excluding hydrogens is 404 g/mol. The van der Waals surface area contributed by atoms with Gasteiger partial charge in [-0.15, -0.1) is 0 Å². The van der Waals surface area contributed by atoms with Crippen molar-refractivity contribution in [3.63, 3.8) is 0 Å². The number of rotatable bonds is 6. The van der Waals surface area contributed by atoms with Gasteiger partial charge in [-0.1, -0.05) is 0 Å².